The molecule has 1 unspecified atom stereocenters. The number of fused-ring (bicyclic) bond motifs is 1. The first-order valence-electron chi connectivity index (χ1n) is 5.91. The van der Waals surface area contributed by atoms with Gasteiger partial charge in [0.1, 0.15) is 10.9 Å². The van der Waals surface area contributed by atoms with Crippen LogP contribution in [0.4, 0.5) is 0 Å². The third-order valence-electron chi connectivity index (χ3n) is 2.94. The number of carbonyl (C=O) groups excluding carboxylic acids is 2. The third-order valence-corrected chi connectivity index (χ3v) is 4.74. The predicted octanol–water partition coefficient (Wildman–Crippen LogP) is -0.580. The van der Waals surface area contributed by atoms with Crippen molar-refractivity contribution in [1.82, 2.24) is 9.62 Å². The first kappa shape index (κ1) is 15.0. The van der Waals surface area contributed by atoms with Gasteiger partial charge in [0, 0.05) is 6.92 Å². The van der Waals surface area contributed by atoms with Gasteiger partial charge in [0.25, 0.3) is 15.9 Å². The lowest BCUT2D eigenvalue weighted by Crippen LogP contribution is -2.49. The number of carbonyl (C=O) groups is 3. The molecule has 1 atom stereocenters. The number of hydrogen-bond acceptors (Lipinski definition) is 5. The molecule has 0 aliphatic carbocycles. The minimum atomic E-state index is -4.09. The van der Waals surface area contributed by atoms with Crippen molar-refractivity contribution in [1.29, 1.82) is 0 Å². The van der Waals surface area contributed by atoms with Gasteiger partial charge in [-0.15, -0.1) is 0 Å². The minimum absolute atomic E-state index is 0.00976. The topological polar surface area (TPSA) is 121 Å². The van der Waals surface area contributed by atoms with Crippen LogP contribution in [0.5, 0.6) is 0 Å². The van der Waals surface area contributed by atoms with Gasteiger partial charge in [0.05, 0.1) is 12.1 Å². The number of benzene rings is 1. The first-order chi connectivity index (χ1) is 9.75. The highest BCUT2D eigenvalue weighted by molar-refractivity contribution is 7.90. The number of nitrogens with one attached hydrogen (secondary N) is 1. The van der Waals surface area contributed by atoms with E-state index in [9.17, 15) is 22.8 Å². The smallest absolute Gasteiger partial charge is 0.328 e. The Kier molecular flexibility index (Phi) is 3.69. The SMILES string of the molecule is CC(=O)NC(CN1C(=O)c2ccccc2S1(=O)=O)C(=O)O. The van der Waals surface area contributed by atoms with Crippen LogP contribution >= 0.6 is 0 Å². The number of carboxylic acid groups (broad SMARTS) is 1. The zero-order valence-electron chi connectivity index (χ0n) is 10.9. The highest BCUT2D eigenvalue weighted by Crippen LogP contribution is 2.29. The van der Waals surface area contributed by atoms with Gasteiger partial charge in [-0.1, -0.05) is 12.1 Å². The molecule has 0 saturated carbocycles. The molecule has 1 aromatic rings. The molecular weight excluding hydrogens is 300 g/mol. The van der Waals surface area contributed by atoms with Crippen LogP contribution in [0.15, 0.2) is 29.2 Å². The zero-order chi connectivity index (χ0) is 15.8. The van der Waals surface area contributed by atoms with Crippen LogP contribution in [0.2, 0.25) is 0 Å². The molecule has 0 aromatic heterocycles. The molecule has 0 spiro atoms. The van der Waals surface area contributed by atoms with E-state index in [1.807, 2.05) is 0 Å². The quantitative estimate of drug-likeness (QED) is 0.767. The van der Waals surface area contributed by atoms with Crippen LogP contribution in [-0.4, -0.2) is 48.2 Å². The van der Waals surface area contributed by atoms with Crippen molar-refractivity contribution in [2.45, 2.75) is 17.9 Å². The van der Waals surface area contributed by atoms with E-state index >= 15 is 0 Å². The zero-order valence-corrected chi connectivity index (χ0v) is 11.8. The van der Waals surface area contributed by atoms with Gasteiger partial charge in [-0.25, -0.2) is 17.5 Å². The van der Waals surface area contributed by atoms with Crippen LogP contribution in [0.1, 0.15) is 17.3 Å². The summed E-state index contributed by atoms with van der Waals surface area (Å²) < 4.78 is 24.9. The van der Waals surface area contributed by atoms with E-state index in [1.54, 1.807) is 0 Å². The molecule has 21 heavy (non-hydrogen) atoms. The summed E-state index contributed by atoms with van der Waals surface area (Å²) in [5, 5.41) is 11.1. The third kappa shape index (κ3) is 2.59. The van der Waals surface area contributed by atoms with Gasteiger partial charge in [-0.05, 0) is 12.1 Å². The van der Waals surface area contributed by atoms with Gasteiger partial charge in [0.2, 0.25) is 5.91 Å². The molecule has 0 bridgehead atoms. The van der Waals surface area contributed by atoms with Crippen molar-refractivity contribution in [2.75, 3.05) is 6.54 Å². The van der Waals surface area contributed by atoms with Gasteiger partial charge in [0.15, 0.2) is 0 Å². The molecule has 0 saturated heterocycles. The molecule has 1 aliphatic rings. The first-order valence-corrected chi connectivity index (χ1v) is 7.35. The molecule has 9 heteroatoms. The summed E-state index contributed by atoms with van der Waals surface area (Å²) in [6, 6.07) is 4.10. The highest BCUT2D eigenvalue weighted by Gasteiger charge is 2.42. The molecule has 2 rings (SSSR count). The molecule has 112 valence electrons. The van der Waals surface area contributed by atoms with Gasteiger partial charge < -0.3 is 10.4 Å². The summed E-state index contributed by atoms with van der Waals surface area (Å²) in [6.45, 7) is 0.440. The van der Waals surface area contributed by atoms with E-state index in [1.165, 1.54) is 24.3 Å². The van der Waals surface area contributed by atoms with Crippen LogP contribution in [0, 0.1) is 0 Å². The Labute approximate surface area is 120 Å². The average molecular weight is 312 g/mol. The fourth-order valence-electron chi connectivity index (χ4n) is 2.01. The second-order valence-electron chi connectivity index (χ2n) is 4.43. The summed E-state index contributed by atoms with van der Waals surface area (Å²) >= 11 is 0. The second kappa shape index (κ2) is 5.17. The maximum atomic E-state index is 12.2. The molecule has 0 radical (unpaired) electrons. The Morgan fingerprint density at radius 1 is 1.33 bits per heavy atom. The fourth-order valence-corrected chi connectivity index (χ4v) is 3.59. The summed E-state index contributed by atoms with van der Waals surface area (Å²) in [6.07, 6.45) is 0. The van der Waals surface area contributed by atoms with Gasteiger partial charge in [-0.2, -0.15) is 0 Å². The summed E-state index contributed by atoms with van der Waals surface area (Å²) in [5.74, 6) is -2.87. The van der Waals surface area contributed by atoms with Crippen LogP contribution in [0.3, 0.4) is 0 Å². The molecule has 2 N–H and O–H groups in total. The largest absolute Gasteiger partial charge is 0.480 e. The molecular formula is C12H12N2O6S. The fraction of sp³-hybridized carbons (Fsp3) is 0.250. The maximum absolute atomic E-state index is 12.2. The Balaban J connectivity index is 2.36. The predicted molar refractivity (Wildman–Crippen MR) is 69.9 cm³/mol. The van der Waals surface area contributed by atoms with Crippen molar-refractivity contribution in [3.05, 3.63) is 29.8 Å². The molecule has 8 nitrogen and oxygen atoms in total. The Morgan fingerprint density at radius 3 is 2.48 bits per heavy atom. The molecule has 2 amide bonds. The molecule has 1 aromatic carbocycles. The van der Waals surface area contributed by atoms with E-state index in [4.69, 9.17) is 5.11 Å². The van der Waals surface area contributed by atoms with Gasteiger partial charge in [-0.3, -0.25) is 9.59 Å². The number of carboxylic acids is 1. The standard InChI is InChI=1S/C12H12N2O6S/c1-7(15)13-9(12(17)18)6-14-11(16)8-4-2-3-5-10(8)21(14,19)20/h2-5,9H,6H2,1H3,(H,13,15)(H,17,18). The van der Waals surface area contributed by atoms with Gasteiger partial charge >= 0.3 is 5.97 Å². The Hall–Kier alpha value is -2.42. The van der Waals surface area contributed by atoms with Crippen LogP contribution in [0.25, 0.3) is 0 Å². The number of nitrogens with zero attached hydrogens (tertiary/aromatic N) is 1. The van der Waals surface area contributed by atoms with E-state index in [0.29, 0.717) is 4.31 Å². The maximum Gasteiger partial charge on any atom is 0.328 e. The van der Waals surface area contributed by atoms with Crippen LogP contribution < -0.4 is 5.32 Å². The number of rotatable bonds is 4. The van der Waals surface area contributed by atoms with E-state index in [-0.39, 0.29) is 10.5 Å². The van der Waals surface area contributed by atoms with Crippen molar-refractivity contribution in [2.24, 2.45) is 0 Å². The lowest BCUT2D eigenvalue weighted by atomic mass is 10.2. The second-order valence-corrected chi connectivity index (χ2v) is 6.26. The number of hydrogen-bond donors (Lipinski definition) is 2. The van der Waals surface area contributed by atoms with E-state index in [0.717, 1.165) is 6.92 Å². The van der Waals surface area contributed by atoms with Crippen molar-refractivity contribution in [3.63, 3.8) is 0 Å². The monoisotopic (exact) mass is 312 g/mol. The number of amides is 2. The van der Waals surface area contributed by atoms with Crippen molar-refractivity contribution >= 4 is 27.8 Å². The highest BCUT2D eigenvalue weighted by atomic mass is 32.2. The van der Waals surface area contributed by atoms with E-state index in [2.05, 4.69) is 5.32 Å². The Bertz CT molecular complexity index is 727. The molecule has 1 aliphatic heterocycles. The Morgan fingerprint density at radius 2 is 1.95 bits per heavy atom. The lowest BCUT2D eigenvalue weighted by Gasteiger charge is -2.20. The normalized spacial score (nSPS) is 17.2. The van der Waals surface area contributed by atoms with Crippen molar-refractivity contribution in [3.8, 4) is 0 Å². The summed E-state index contributed by atoms with van der Waals surface area (Å²) in [7, 11) is -4.09. The summed E-state index contributed by atoms with van der Waals surface area (Å²) in [5.41, 5.74) is -0.00976. The molecule has 0 fully saturated rings. The number of aliphatic carboxylic acids is 1. The van der Waals surface area contributed by atoms with E-state index < -0.39 is 40.4 Å². The van der Waals surface area contributed by atoms with Crippen LogP contribution in [-0.2, 0) is 19.6 Å². The van der Waals surface area contributed by atoms with Crippen molar-refractivity contribution < 1.29 is 27.9 Å². The molecule has 1 heterocycles. The average Bonchev–Trinajstić information content (AvgIpc) is 2.59. The summed E-state index contributed by atoms with van der Waals surface area (Å²) in [4.78, 5) is 34.0. The minimum Gasteiger partial charge on any atom is -0.480 e. The lowest BCUT2D eigenvalue weighted by molar-refractivity contribution is -0.141. The number of sulfonamides is 1.